The number of para-hydroxylation sites is 1. The first-order valence-electron chi connectivity index (χ1n) is 6.58. The van der Waals surface area contributed by atoms with E-state index in [0.717, 1.165) is 9.26 Å². The van der Waals surface area contributed by atoms with Gasteiger partial charge in [0.2, 0.25) is 0 Å². The summed E-state index contributed by atoms with van der Waals surface area (Å²) in [5, 5.41) is 2.78. The van der Waals surface area contributed by atoms with Crippen LogP contribution in [-0.4, -0.2) is 24.4 Å². The molecule has 2 aromatic carbocycles. The van der Waals surface area contributed by atoms with E-state index in [4.69, 9.17) is 0 Å². The molecule has 1 fully saturated rings. The maximum atomic E-state index is 12.1. The summed E-state index contributed by atoms with van der Waals surface area (Å²) in [6, 6.07) is 16.3. The summed E-state index contributed by atoms with van der Waals surface area (Å²) < 4.78 is 0.992. The lowest BCUT2D eigenvalue weighted by Crippen LogP contribution is -2.64. The maximum Gasteiger partial charge on any atom is 0.252 e. The number of β-lactam (4-membered cyclic amide) rings is 1. The first kappa shape index (κ1) is 14.1. The van der Waals surface area contributed by atoms with E-state index in [1.807, 2.05) is 42.5 Å². The van der Waals surface area contributed by atoms with Gasteiger partial charge in [0.15, 0.2) is 0 Å². The Labute approximate surface area is 136 Å². The lowest BCUT2D eigenvalue weighted by Gasteiger charge is -2.38. The number of carbonyl (C=O) groups excluding carboxylic acids is 2. The Morgan fingerprint density at radius 1 is 1.14 bits per heavy atom. The van der Waals surface area contributed by atoms with Crippen LogP contribution in [0.4, 0.5) is 5.69 Å². The van der Waals surface area contributed by atoms with Crippen molar-refractivity contribution in [3.63, 3.8) is 0 Å². The highest BCUT2D eigenvalue weighted by Crippen LogP contribution is 2.21. The number of rotatable bonds is 3. The second-order valence-electron chi connectivity index (χ2n) is 4.82. The van der Waals surface area contributed by atoms with Crippen molar-refractivity contribution in [1.82, 2.24) is 5.32 Å². The van der Waals surface area contributed by atoms with Gasteiger partial charge in [-0.1, -0.05) is 24.3 Å². The van der Waals surface area contributed by atoms with E-state index in [-0.39, 0.29) is 11.8 Å². The van der Waals surface area contributed by atoms with E-state index in [1.165, 1.54) is 0 Å². The van der Waals surface area contributed by atoms with Gasteiger partial charge < -0.3 is 10.2 Å². The Kier molecular flexibility index (Phi) is 3.92. The molecule has 0 radical (unpaired) electrons. The van der Waals surface area contributed by atoms with Crippen molar-refractivity contribution in [2.75, 3.05) is 11.4 Å². The third kappa shape index (κ3) is 2.92. The molecule has 3 rings (SSSR count). The second kappa shape index (κ2) is 5.85. The van der Waals surface area contributed by atoms with Crippen molar-refractivity contribution < 1.29 is 9.59 Å². The van der Waals surface area contributed by atoms with Crippen LogP contribution in [0.1, 0.15) is 10.4 Å². The molecule has 5 heteroatoms. The van der Waals surface area contributed by atoms with Crippen molar-refractivity contribution in [1.29, 1.82) is 0 Å². The van der Waals surface area contributed by atoms with Gasteiger partial charge in [-0.15, -0.1) is 0 Å². The standard InChI is InChI=1S/C16H13IN2O2/c17-12-6-4-5-11(9-12)15(20)18-14-10-19(16(14)21)13-7-2-1-3-8-13/h1-9,14H,10H2,(H,18,20). The van der Waals surface area contributed by atoms with Gasteiger partial charge in [-0.25, -0.2) is 0 Å². The minimum atomic E-state index is -0.435. The molecule has 0 aliphatic carbocycles. The largest absolute Gasteiger partial charge is 0.339 e. The van der Waals surface area contributed by atoms with Crippen LogP contribution in [0.3, 0.4) is 0 Å². The highest BCUT2D eigenvalue weighted by Gasteiger charge is 2.38. The first-order valence-corrected chi connectivity index (χ1v) is 7.66. The molecule has 1 atom stereocenters. The fourth-order valence-corrected chi connectivity index (χ4v) is 2.79. The monoisotopic (exact) mass is 392 g/mol. The predicted octanol–water partition coefficient (Wildman–Crippen LogP) is 2.44. The fraction of sp³-hybridized carbons (Fsp3) is 0.125. The van der Waals surface area contributed by atoms with Crippen LogP contribution in [0.5, 0.6) is 0 Å². The minimum absolute atomic E-state index is 0.0693. The van der Waals surface area contributed by atoms with Crippen molar-refractivity contribution in [3.05, 3.63) is 63.7 Å². The summed E-state index contributed by atoms with van der Waals surface area (Å²) in [4.78, 5) is 25.9. The van der Waals surface area contributed by atoms with Gasteiger partial charge in [-0.2, -0.15) is 0 Å². The third-order valence-electron chi connectivity index (χ3n) is 3.39. The predicted molar refractivity (Wildman–Crippen MR) is 89.2 cm³/mol. The van der Waals surface area contributed by atoms with Crippen molar-refractivity contribution in [2.24, 2.45) is 0 Å². The van der Waals surface area contributed by atoms with Crippen LogP contribution in [0.15, 0.2) is 54.6 Å². The number of hydrogen-bond acceptors (Lipinski definition) is 2. The number of halogens is 1. The van der Waals surface area contributed by atoms with Gasteiger partial charge >= 0.3 is 0 Å². The molecule has 0 aromatic heterocycles. The molecule has 2 amide bonds. The molecule has 1 N–H and O–H groups in total. The third-order valence-corrected chi connectivity index (χ3v) is 4.06. The summed E-state index contributed by atoms with van der Waals surface area (Å²) in [5.74, 6) is -0.278. The topological polar surface area (TPSA) is 49.4 Å². The van der Waals surface area contributed by atoms with E-state index in [0.29, 0.717) is 12.1 Å². The van der Waals surface area contributed by atoms with E-state index in [9.17, 15) is 9.59 Å². The molecule has 1 heterocycles. The number of hydrogen-bond donors (Lipinski definition) is 1. The van der Waals surface area contributed by atoms with Gasteiger partial charge in [-0.05, 0) is 52.9 Å². The molecular formula is C16H13IN2O2. The van der Waals surface area contributed by atoms with E-state index >= 15 is 0 Å². The molecule has 21 heavy (non-hydrogen) atoms. The van der Waals surface area contributed by atoms with Crippen molar-refractivity contribution >= 4 is 40.1 Å². The number of amides is 2. The van der Waals surface area contributed by atoms with Crippen molar-refractivity contribution in [2.45, 2.75) is 6.04 Å². The smallest absolute Gasteiger partial charge is 0.252 e. The second-order valence-corrected chi connectivity index (χ2v) is 6.07. The zero-order chi connectivity index (χ0) is 14.8. The molecule has 1 saturated heterocycles. The summed E-state index contributed by atoms with van der Waals surface area (Å²) >= 11 is 2.16. The van der Waals surface area contributed by atoms with Crippen LogP contribution in [0, 0.1) is 3.57 Å². The van der Waals surface area contributed by atoms with Crippen LogP contribution in [0.25, 0.3) is 0 Å². The Balaban J connectivity index is 1.63. The summed E-state index contributed by atoms with van der Waals surface area (Å²) in [7, 11) is 0. The SMILES string of the molecule is O=C(NC1CN(c2ccccc2)C1=O)c1cccc(I)c1. The normalized spacial score (nSPS) is 17.3. The average Bonchev–Trinajstić information content (AvgIpc) is 2.51. The van der Waals surface area contributed by atoms with Gasteiger partial charge in [0.05, 0.1) is 6.54 Å². The Bertz CT molecular complexity index is 688. The van der Waals surface area contributed by atoms with E-state index in [2.05, 4.69) is 27.9 Å². The zero-order valence-corrected chi connectivity index (χ0v) is 13.3. The van der Waals surface area contributed by atoms with E-state index < -0.39 is 6.04 Å². The maximum absolute atomic E-state index is 12.1. The summed E-state index contributed by atoms with van der Waals surface area (Å²) in [6.07, 6.45) is 0. The van der Waals surface area contributed by atoms with Gasteiger partial charge in [0, 0.05) is 14.8 Å². The molecule has 0 saturated carbocycles. The van der Waals surface area contributed by atoms with Crippen LogP contribution in [-0.2, 0) is 4.79 Å². The molecule has 0 spiro atoms. The quantitative estimate of drug-likeness (QED) is 0.645. The number of benzene rings is 2. The van der Waals surface area contributed by atoms with Gasteiger partial charge in [-0.3, -0.25) is 9.59 Å². The molecule has 0 bridgehead atoms. The van der Waals surface area contributed by atoms with Crippen LogP contribution >= 0.6 is 22.6 Å². The molecule has 106 valence electrons. The average molecular weight is 392 g/mol. The highest BCUT2D eigenvalue weighted by molar-refractivity contribution is 14.1. The number of nitrogens with one attached hydrogen (secondary N) is 1. The molecular weight excluding hydrogens is 379 g/mol. The lowest BCUT2D eigenvalue weighted by atomic mass is 10.1. The number of nitrogens with zero attached hydrogens (tertiary/aromatic N) is 1. The summed E-state index contributed by atoms with van der Waals surface area (Å²) in [6.45, 7) is 0.512. The molecule has 2 aromatic rings. The minimum Gasteiger partial charge on any atom is -0.339 e. The van der Waals surface area contributed by atoms with Gasteiger partial charge in [0.1, 0.15) is 6.04 Å². The summed E-state index contributed by atoms with van der Waals surface area (Å²) in [5.41, 5.74) is 1.44. The Hall–Kier alpha value is -1.89. The molecule has 1 aliphatic rings. The first-order chi connectivity index (χ1) is 10.1. The highest BCUT2D eigenvalue weighted by atomic mass is 127. The van der Waals surface area contributed by atoms with Crippen molar-refractivity contribution in [3.8, 4) is 0 Å². The molecule has 1 aliphatic heterocycles. The van der Waals surface area contributed by atoms with Crippen LogP contribution < -0.4 is 10.2 Å². The zero-order valence-electron chi connectivity index (χ0n) is 11.1. The number of anilines is 1. The lowest BCUT2D eigenvalue weighted by molar-refractivity contribution is -0.124. The Morgan fingerprint density at radius 3 is 2.57 bits per heavy atom. The fourth-order valence-electron chi connectivity index (χ4n) is 2.25. The number of carbonyl (C=O) groups is 2. The van der Waals surface area contributed by atoms with Crippen LogP contribution in [0.2, 0.25) is 0 Å². The molecule has 1 unspecified atom stereocenters. The van der Waals surface area contributed by atoms with E-state index in [1.54, 1.807) is 17.0 Å². The molecule has 4 nitrogen and oxygen atoms in total. The Morgan fingerprint density at radius 2 is 1.90 bits per heavy atom. The van der Waals surface area contributed by atoms with Gasteiger partial charge in [0.25, 0.3) is 11.8 Å².